The Bertz CT molecular complexity index is 728. The lowest BCUT2D eigenvalue weighted by atomic mass is 10.1. The number of nitrogens with one attached hydrogen (secondary N) is 1. The van der Waals surface area contributed by atoms with Crippen LogP contribution in [-0.4, -0.2) is 20.0 Å². The van der Waals surface area contributed by atoms with E-state index in [4.69, 9.17) is 11.6 Å². The highest BCUT2D eigenvalue weighted by atomic mass is 35.5. The summed E-state index contributed by atoms with van der Waals surface area (Å²) in [5.41, 5.74) is 0.967. The molecule has 0 aliphatic heterocycles. The molecule has 3 nitrogen and oxygen atoms in total. The maximum absolute atomic E-state index is 12.5. The number of anilines is 2. The fourth-order valence-corrected chi connectivity index (χ4v) is 2.61. The van der Waals surface area contributed by atoms with Crippen LogP contribution in [0.5, 0.6) is 0 Å². The summed E-state index contributed by atoms with van der Waals surface area (Å²) in [5, 5.41) is 3.23. The number of rotatable bonds is 4. The number of carbonyl (C=O) groups is 1. The highest BCUT2D eigenvalue weighted by Gasteiger charge is 2.29. The second kappa shape index (κ2) is 7.13. The molecule has 1 N–H and O–H groups in total. The summed E-state index contributed by atoms with van der Waals surface area (Å²) in [4.78, 5) is 13.9. The molecule has 0 aliphatic carbocycles. The molecule has 0 aliphatic rings. The zero-order valence-corrected chi connectivity index (χ0v) is 13.9. The van der Waals surface area contributed by atoms with Crippen molar-refractivity contribution in [2.75, 3.05) is 24.3 Å². The van der Waals surface area contributed by atoms with E-state index in [1.165, 1.54) is 12.1 Å². The SMILES string of the molecule is CN(C)c1c(Cl)cccc1NC(=O)Cc1ccc(C(F)(F)F)cc1. The molecule has 2 rings (SSSR count). The smallest absolute Gasteiger partial charge is 0.375 e. The molecule has 0 radical (unpaired) electrons. The minimum absolute atomic E-state index is 0.0302. The molecule has 0 bridgehead atoms. The molecule has 24 heavy (non-hydrogen) atoms. The van der Waals surface area contributed by atoms with Crippen LogP contribution in [0.1, 0.15) is 11.1 Å². The molecular weight excluding hydrogens is 341 g/mol. The van der Waals surface area contributed by atoms with Gasteiger partial charge in [0.1, 0.15) is 0 Å². The highest BCUT2D eigenvalue weighted by Crippen LogP contribution is 2.32. The molecular formula is C17H16ClF3N2O. The van der Waals surface area contributed by atoms with E-state index >= 15 is 0 Å². The van der Waals surface area contributed by atoms with Crippen LogP contribution in [0.25, 0.3) is 0 Å². The maximum Gasteiger partial charge on any atom is 0.416 e. The Labute approximate surface area is 143 Å². The molecule has 7 heteroatoms. The number of halogens is 4. The minimum atomic E-state index is -4.39. The van der Waals surface area contributed by atoms with Gasteiger partial charge in [0.25, 0.3) is 0 Å². The monoisotopic (exact) mass is 356 g/mol. The van der Waals surface area contributed by atoms with Gasteiger partial charge in [-0.1, -0.05) is 29.8 Å². The predicted molar refractivity (Wildman–Crippen MR) is 89.6 cm³/mol. The first-order valence-corrected chi connectivity index (χ1v) is 7.48. The van der Waals surface area contributed by atoms with Crippen LogP contribution in [0.2, 0.25) is 5.02 Å². The summed E-state index contributed by atoms with van der Waals surface area (Å²) in [5.74, 6) is -0.333. The van der Waals surface area contributed by atoms with Crippen LogP contribution in [0.3, 0.4) is 0 Å². The number of alkyl halides is 3. The second-order valence-electron chi connectivity index (χ2n) is 5.45. The van der Waals surface area contributed by atoms with Crippen LogP contribution in [0.15, 0.2) is 42.5 Å². The van der Waals surface area contributed by atoms with E-state index in [0.717, 1.165) is 12.1 Å². The molecule has 2 aromatic rings. The Balaban J connectivity index is 2.11. The van der Waals surface area contributed by atoms with E-state index in [0.29, 0.717) is 22.0 Å². The third-order valence-corrected chi connectivity index (χ3v) is 3.66. The Morgan fingerprint density at radius 1 is 1.12 bits per heavy atom. The van der Waals surface area contributed by atoms with Gasteiger partial charge in [-0.05, 0) is 29.8 Å². The normalized spacial score (nSPS) is 11.2. The fraction of sp³-hybridized carbons (Fsp3) is 0.235. The standard InChI is InChI=1S/C17H16ClF3N2O/c1-23(2)16-13(18)4-3-5-14(16)22-15(24)10-11-6-8-12(9-7-11)17(19,20)21/h3-9H,10H2,1-2H3,(H,22,24). The van der Waals surface area contributed by atoms with Crippen molar-refractivity contribution in [3.8, 4) is 0 Å². The summed E-state index contributed by atoms with van der Waals surface area (Å²) >= 11 is 6.13. The first-order valence-electron chi connectivity index (χ1n) is 7.10. The van der Waals surface area contributed by atoms with Crippen molar-refractivity contribution < 1.29 is 18.0 Å². The van der Waals surface area contributed by atoms with Crippen molar-refractivity contribution in [3.63, 3.8) is 0 Å². The molecule has 0 saturated carbocycles. The van der Waals surface area contributed by atoms with Crippen molar-refractivity contribution in [2.45, 2.75) is 12.6 Å². The Morgan fingerprint density at radius 2 is 1.75 bits per heavy atom. The quantitative estimate of drug-likeness (QED) is 0.868. The van der Waals surface area contributed by atoms with Gasteiger partial charge < -0.3 is 10.2 Å². The third kappa shape index (κ3) is 4.41. The molecule has 0 atom stereocenters. The van der Waals surface area contributed by atoms with Crippen molar-refractivity contribution in [2.24, 2.45) is 0 Å². The van der Waals surface area contributed by atoms with Crippen LogP contribution < -0.4 is 10.2 Å². The van der Waals surface area contributed by atoms with Crippen molar-refractivity contribution in [1.82, 2.24) is 0 Å². The summed E-state index contributed by atoms with van der Waals surface area (Å²) in [7, 11) is 3.60. The molecule has 0 spiro atoms. The molecule has 0 heterocycles. The Kier molecular flexibility index (Phi) is 5.39. The minimum Gasteiger partial charge on any atom is -0.375 e. The predicted octanol–water partition coefficient (Wildman–Crippen LogP) is 4.61. The highest BCUT2D eigenvalue weighted by molar-refractivity contribution is 6.34. The number of carbonyl (C=O) groups excluding carboxylic acids is 1. The van der Waals surface area contributed by atoms with E-state index in [2.05, 4.69) is 5.32 Å². The van der Waals surface area contributed by atoms with Crippen LogP contribution in [0, 0.1) is 0 Å². The van der Waals surface area contributed by atoms with Crippen molar-refractivity contribution in [1.29, 1.82) is 0 Å². The third-order valence-electron chi connectivity index (χ3n) is 3.35. The molecule has 0 unspecified atom stereocenters. The summed E-state index contributed by atoms with van der Waals surface area (Å²) in [6.07, 6.45) is -4.42. The molecule has 128 valence electrons. The van der Waals surface area contributed by atoms with Gasteiger partial charge in [-0.15, -0.1) is 0 Å². The average Bonchev–Trinajstić information content (AvgIpc) is 2.46. The molecule has 1 amide bonds. The first-order chi connectivity index (χ1) is 11.2. The molecule has 2 aromatic carbocycles. The lowest BCUT2D eigenvalue weighted by Crippen LogP contribution is -2.18. The number of benzene rings is 2. The van der Waals surface area contributed by atoms with Crippen molar-refractivity contribution in [3.05, 3.63) is 58.6 Å². The first kappa shape index (κ1) is 18.1. The number of amides is 1. The van der Waals surface area contributed by atoms with E-state index < -0.39 is 11.7 Å². The lowest BCUT2D eigenvalue weighted by molar-refractivity contribution is -0.137. The summed E-state index contributed by atoms with van der Waals surface area (Å²) < 4.78 is 37.6. The Hall–Kier alpha value is -2.21. The molecule has 0 saturated heterocycles. The van der Waals surface area contributed by atoms with Gasteiger partial charge >= 0.3 is 6.18 Å². The van der Waals surface area contributed by atoms with Gasteiger partial charge in [0.15, 0.2) is 0 Å². The average molecular weight is 357 g/mol. The van der Waals surface area contributed by atoms with E-state index in [-0.39, 0.29) is 12.3 Å². The number of nitrogens with zero attached hydrogens (tertiary/aromatic N) is 1. The number of para-hydroxylation sites is 1. The van der Waals surface area contributed by atoms with Crippen LogP contribution in [-0.2, 0) is 17.4 Å². The van der Waals surface area contributed by atoms with Gasteiger partial charge in [-0.2, -0.15) is 13.2 Å². The van der Waals surface area contributed by atoms with Gasteiger partial charge in [0, 0.05) is 14.1 Å². The van der Waals surface area contributed by atoms with E-state index in [1.54, 1.807) is 37.2 Å². The van der Waals surface area contributed by atoms with Gasteiger partial charge in [-0.3, -0.25) is 4.79 Å². The van der Waals surface area contributed by atoms with Crippen LogP contribution >= 0.6 is 11.6 Å². The van der Waals surface area contributed by atoms with Crippen molar-refractivity contribution >= 4 is 28.9 Å². The summed E-state index contributed by atoms with van der Waals surface area (Å²) in [6, 6.07) is 9.66. The molecule has 0 fully saturated rings. The lowest BCUT2D eigenvalue weighted by Gasteiger charge is -2.19. The number of hydrogen-bond donors (Lipinski definition) is 1. The molecule has 0 aromatic heterocycles. The maximum atomic E-state index is 12.5. The largest absolute Gasteiger partial charge is 0.416 e. The zero-order chi connectivity index (χ0) is 17.9. The van der Waals surface area contributed by atoms with E-state index in [9.17, 15) is 18.0 Å². The fourth-order valence-electron chi connectivity index (χ4n) is 2.26. The topological polar surface area (TPSA) is 32.3 Å². The Morgan fingerprint density at radius 3 is 2.29 bits per heavy atom. The van der Waals surface area contributed by atoms with Gasteiger partial charge in [-0.25, -0.2) is 0 Å². The van der Waals surface area contributed by atoms with Gasteiger partial charge in [0.2, 0.25) is 5.91 Å². The van der Waals surface area contributed by atoms with Crippen LogP contribution in [0.4, 0.5) is 24.5 Å². The zero-order valence-electron chi connectivity index (χ0n) is 13.1. The van der Waals surface area contributed by atoms with E-state index in [1.807, 2.05) is 0 Å². The summed E-state index contributed by atoms with van der Waals surface area (Å²) in [6.45, 7) is 0. The number of hydrogen-bond acceptors (Lipinski definition) is 2. The second-order valence-corrected chi connectivity index (χ2v) is 5.86. The van der Waals surface area contributed by atoms with Gasteiger partial charge in [0.05, 0.1) is 28.4 Å².